The first-order valence-corrected chi connectivity index (χ1v) is 9.27. The molecule has 2 N–H and O–H groups in total. The van der Waals surface area contributed by atoms with Crippen molar-refractivity contribution < 1.29 is 17.8 Å². The number of hydrogen-bond acceptors (Lipinski definition) is 4. The van der Waals surface area contributed by atoms with Crippen LogP contribution in [0.25, 0.3) is 0 Å². The van der Waals surface area contributed by atoms with Crippen LogP contribution in [0.2, 0.25) is 0 Å². The van der Waals surface area contributed by atoms with E-state index in [1.54, 1.807) is 11.8 Å². The molecule has 0 bridgehead atoms. The van der Waals surface area contributed by atoms with Crippen LogP contribution >= 0.6 is 11.8 Å². The van der Waals surface area contributed by atoms with Gasteiger partial charge in [0.15, 0.2) is 0 Å². The van der Waals surface area contributed by atoms with Crippen LogP contribution in [0.5, 0.6) is 0 Å². The minimum absolute atomic E-state index is 0.161. The number of nitrogens with one attached hydrogen (secondary N) is 1. The molecular formula is C15H14N2O4S2. The average Bonchev–Trinajstić information content (AvgIpc) is 2.51. The number of rotatable bonds is 3. The Labute approximate surface area is 138 Å². The van der Waals surface area contributed by atoms with Crippen LogP contribution < -0.4 is 10.2 Å². The second-order valence-electron chi connectivity index (χ2n) is 4.89. The lowest BCUT2D eigenvalue weighted by Crippen LogP contribution is -2.40. The summed E-state index contributed by atoms with van der Waals surface area (Å²) in [7, 11) is -4.11. The first kappa shape index (κ1) is 15.9. The molecule has 0 aromatic heterocycles. The average molecular weight is 350 g/mol. The SMILES string of the molecule is O=C(NCCS(=O)(=O)O)N1c2ccccc2Sc2ccccc21. The largest absolute Gasteiger partial charge is 0.336 e. The molecule has 0 fully saturated rings. The summed E-state index contributed by atoms with van der Waals surface area (Å²) in [6.45, 7) is -0.161. The molecule has 0 aliphatic carbocycles. The Kier molecular flexibility index (Phi) is 4.29. The summed E-state index contributed by atoms with van der Waals surface area (Å²) >= 11 is 1.57. The second kappa shape index (κ2) is 6.23. The van der Waals surface area contributed by atoms with Crippen LogP contribution in [0.4, 0.5) is 16.2 Å². The molecule has 23 heavy (non-hydrogen) atoms. The van der Waals surface area contributed by atoms with Gasteiger partial charge in [-0.3, -0.25) is 9.45 Å². The molecule has 2 aromatic carbocycles. The van der Waals surface area contributed by atoms with Crippen LogP contribution in [0, 0.1) is 0 Å². The van der Waals surface area contributed by atoms with Crippen LogP contribution in [-0.4, -0.2) is 31.3 Å². The Morgan fingerprint density at radius 1 is 1.04 bits per heavy atom. The third-order valence-electron chi connectivity index (χ3n) is 3.27. The smallest absolute Gasteiger partial charge is 0.326 e. The first-order valence-electron chi connectivity index (χ1n) is 6.85. The molecule has 0 saturated carbocycles. The molecule has 2 amide bonds. The van der Waals surface area contributed by atoms with Crippen LogP contribution in [0.1, 0.15) is 0 Å². The Bertz CT molecular complexity index is 807. The fourth-order valence-corrected chi connectivity index (χ4v) is 3.71. The summed E-state index contributed by atoms with van der Waals surface area (Å²) < 4.78 is 30.3. The predicted molar refractivity (Wildman–Crippen MR) is 89.0 cm³/mol. The number of carbonyl (C=O) groups excluding carboxylic acids is 1. The lowest BCUT2D eigenvalue weighted by Gasteiger charge is -2.30. The lowest BCUT2D eigenvalue weighted by atomic mass is 10.2. The summed E-state index contributed by atoms with van der Waals surface area (Å²) in [6, 6.07) is 14.6. The monoisotopic (exact) mass is 350 g/mol. The number of fused-ring (bicyclic) bond motifs is 2. The standard InChI is InChI=1S/C15H14N2O4S2/c18-15(16-9-10-23(19,20)21)17-11-5-1-3-7-13(11)22-14-8-4-2-6-12(14)17/h1-8H,9-10H2,(H,16,18)(H,19,20,21). The van der Waals surface area contributed by atoms with E-state index in [9.17, 15) is 13.2 Å². The van der Waals surface area contributed by atoms with Gasteiger partial charge in [0, 0.05) is 16.3 Å². The number of hydrogen-bond donors (Lipinski definition) is 2. The van der Waals surface area contributed by atoms with Gasteiger partial charge in [0.25, 0.3) is 10.1 Å². The fourth-order valence-electron chi connectivity index (χ4n) is 2.29. The van der Waals surface area contributed by atoms with Gasteiger partial charge in [-0.1, -0.05) is 36.0 Å². The number of benzene rings is 2. The summed E-state index contributed by atoms with van der Waals surface area (Å²) in [6.07, 6.45) is 0. The molecule has 1 heterocycles. The fraction of sp³-hybridized carbons (Fsp3) is 0.133. The highest BCUT2D eigenvalue weighted by Gasteiger charge is 2.27. The van der Waals surface area contributed by atoms with Crippen molar-refractivity contribution in [1.29, 1.82) is 0 Å². The van der Waals surface area contributed by atoms with Crippen molar-refractivity contribution in [1.82, 2.24) is 5.32 Å². The molecule has 0 atom stereocenters. The van der Waals surface area contributed by atoms with Gasteiger partial charge in [0.05, 0.1) is 17.1 Å². The van der Waals surface area contributed by atoms with Gasteiger partial charge in [0.1, 0.15) is 0 Å². The summed E-state index contributed by atoms with van der Waals surface area (Å²) in [4.78, 5) is 15.9. The van der Waals surface area contributed by atoms with Gasteiger partial charge < -0.3 is 5.32 Å². The molecule has 0 saturated heterocycles. The number of para-hydroxylation sites is 2. The number of nitrogens with zero attached hydrogens (tertiary/aromatic N) is 1. The molecule has 1 aliphatic rings. The van der Waals surface area contributed by atoms with E-state index in [-0.39, 0.29) is 6.54 Å². The molecule has 6 nitrogen and oxygen atoms in total. The first-order chi connectivity index (χ1) is 11.0. The number of anilines is 2. The predicted octanol–water partition coefficient (Wildman–Crippen LogP) is 2.89. The van der Waals surface area contributed by atoms with Gasteiger partial charge in [0.2, 0.25) is 0 Å². The van der Waals surface area contributed by atoms with E-state index in [4.69, 9.17) is 4.55 Å². The molecule has 1 aliphatic heterocycles. The maximum Gasteiger partial charge on any atom is 0.326 e. The van der Waals surface area contributed by atoms with Gasteiger partial charge in [-0.2, -0.15) is 8.42 Å². The summed E-state index contributed by atoms with van der Waals surface area (Å²) in [5, 5.41) is 2.53. The molecular weight excluding hydrogens is 336 g/mol. The highest BCUT2D eigenvalue weighted by Crippen LogP contribution is 2.47. The number of amides is 2. The summed E-state index contributed by atoms with van der Waals surface area (Å²) in [5.41, 5.74) is 1.47. The van der Waals surface area contributed by atoms with E-state index in [0.717, 1.165) is 21.2 Å². The molecule has 3 rings (SSSR count). The zero-order valence-electron chi connectivity index (χ0n) is 12.0. The maximum atomic E-state index is 12.5. The minimum atomic E-state index is -4.11. The van der Waals surface area contributed by atoms with Gasteiger partial charge in [-0.25, -0.2) is 4.79 Å². The van der Waals surface area contributed by atoms with Crippen molar-refractivity contribution >= 4 is 39.3 Å². The van der Waals surface area contributed by atoms with E-state index in [0.29, 0.717) is 0 Å². The number of carbonyl (C=O) groups is 1. The van der Waals surface area contributed by atoms with Gasteiger partial charge >= 0.3 is 6.03 Å². The topological polar surface area (TPSA) is 86.7 Å². The normalized spacial score (nSPS) is 13.2. The van der Waals surface area contributed by atoms with Crippen molar-refractivity contribution in [3.63, 3.8) is 0 Å². The highest BCUT2D eigenvalue weighted by atomic mass is 32.2. The van der Waals surface area contributed by atoms with Crippen LogP contribution in [0.15, 0.2) is 58.3 Å². The van der Waals surface area contributed by atoms with Crippen LogP contribution in [0.3, 0.4) is 0 Å². The molecule has 0 radical (unpaired) electrons. The molecule has 0 spiro atoms. The van der Waals surface area contributed by atoms with Crippen molar-refractivity contribution in [3.05, 3.63) is 48.5 Å². The Hall–Kier alpha value is -2.03. The van der Waals surface area contributed by atoms with Crippen molar-refractivity contribution in [2.75, 3.05) is 17.2 Å². The van der Waals surface area contributed by atoms with Crippen molar-refractivity contribution in [2.24, 2.45) is 0 Å². The Morgan fingerprint density at radius 3 is 2.09 bits per heavy atom. The van der Waals surface area contributed by atoms with Crippen molar-refractivity contribution in [3.8, 4) is 0 Å². The van der Waals surface area contributed by atoms with Gasteiger partial charge in [-0.15, -0.1) is 0 Å². The minimum Gasteiger partial charge on any atom is -0.336 e. The molecule has 2 aromatic rings. The molecule has 120 valence electrons. The zero-order valence-corrected chi connectivity index (χ0v) is 13.6. The van der Waals surface area contributed by atoms with Crippen molar-refractivity contribution in [2.45, 2.75) is 9.79 Å². The third kappa shape index (κ3) is 3.49. The highest BCUT2D eigenvalue weighted by molar-refractivity contribution is 7.99. The third-order valence-corrected chi connectivity index (χ3v) is 5.12. The second-order valence-corrected chi connectivity index (χ2v) is 7.55. The zero-order chi connectivity index (χ0) is 16.4. The van der Waals surface area contributed by atoms with Crippen LogP contribution in [-0.2, 0) is 10.1 Å². The van der Waals surface area contributed by atoms with Gasteiger partial charge in [-0.05, 0) is 24.3 Å². The van der Waals surface area contributed by atoms with E-state index in [1.165, 1.54) is 4.90 Å². The van der Waals surface area contributed by atoms with E-state index >= 15 is 0 Å². The molecule has 0 unspecified atom stereocenters. The number of urea groups is 1. The van der Waals surface area contributed by atoms with E-state index in [2.05, 4.69) is 5.32 Å². The Morgan fingerprint density at radius 2 is 1.57 bits per heavy atom. The molecule has 8 heteroatoms. The summed E-state index contributed by atoms with van der Waals surface area (Å²) in [5.74, 6) is -0.523. The van der Waals surface area contributed by atoms with E-state index in [1.807, 2.05) is 48.5 Å². The maximum absolute atomic E-state index is 12.5. The Balaban J connectivity index is 1.90. The lowest BCUT2D eigenvalue weighted by molar-refractivity contribution is 0.249. The van der Waals surface area contributed by atoms with E-state index < -0.39 is 21.9 Å². The quantitative estimate of drug-likeness (QED) is 0.831.